The monoisotopic (exact) mass is 376 g/mol. The van der Waals surface area contributed by atoms with Crippen molar-refractivity contribution >= 4 is 39.6 Å². The molecular weight excluding hydrogens is 356 g/mol. The molecule has 0 aliphatic rings. The van der Waals surface area contributed by atoms with Crippen LogP contribution in [0.3, 0.4) is 0 Å². The largest absolute Gasteiger partial charge is 0.324 e. The zero-order chi connectivity index (χ0) is 19.0. The highest BCUT2D eigenvalue weighted by Gasteiger charge is 2.20. The van der Waals surface area contributed by atoms with Crippen LogP contribution in [-0.4, -0.2) is 30.8 Å². The van der Waals surface area contributed by atoms with Gasteiger partial charge in [-0.25, -0.2) is 4.98 Å². The number of nitrogens with zero attached hydrogens (tertiary/aromatic N) is 4. The number of para-hydroxylation sites is 1. The Morgan fingerprint density at radius 1 is 1.11 bits per heavy atom. The molecule has 0 saturated carbocycles. The SMILES string of the molecule is CCn1c2ccccc2c2nnc(S[C@H](C)C(=O)c3ccc(C)cc3)nc21. The minimum atomic E-state index is -0.286. The Hall–Kier alpha value is -2.73. The van der Waals surface area contributed by atoms with Crippen LogP contribution in [0, 0.1) is 6.92 Å². The van der Waals surface area contributed by atoms with Crippen LogP contribution in [0.5, 0.6) is 0 Å². The molecule has 0 aliphatic heterocycles. The molecule has 0 aliphatic carbocycles. The van der Waals surface area contributed by atoms with Crippen LogP contribution >= 0.6 is 11.8 Å². The van der Waals surface area contributed by atoms with Crippen molar-refractivity contribution in [1.29, 1.82) is 0 Å². The Morgan fingerprint density at radius 3 is 2.59 bits per heavy atom. The van der Waals surface area contributed by atoms with E-state index in [0.717, 1.165) is 34.2 Å². The van der Waals surface area contributed by atoms with Gasteiger partial charge in [-0.05, 0) is 26.8 Å². The first kappa shape index (κ1) is 17.7. The van der Waals surface area contributed by atoms with Gasteiger partial charge in [0.05, 0.1) is 10.8 Å². The Bertz CT molecular complexity index is 1130. The topological polar surface area (TPSA) is 60.7 Å². The molecule has 2 aromatic heterocycles. The molecule has 0 fully saturated rings. The molecule has 0 spiro atoms. The summed E-state index contributed by atoms with van der Waals surface area (Å²) in [5, 5.41) is 9.97. The minimum absolute atomic E-state index is 0.0692. The second kappa shape index (κ2) is 7.12. The van der Waals surface area contributed by atoms with Gasteiger partial charge in [-0.1, -0.05) is 59.8 Å². The zero-order valence-electron chi connectivity index (χ0n) is 15.5. The normalized spacial score (nSPS) is 12.6. The number of aryl methyl sites for hydroxylation is 2. The van der Waals surface area contributed by atoms with Gasteiger partial charge in [0.15, 0.2) is 11.4 Å². The number of hydrogen-bond donors (Lipinski definition) is 0. The van der Waals surface area contributed by atoms with E-state index >= 15 is 0 Å². The number of benzene rings is 2. The molecule has 27 heavy (non-hydrogen) atoms. The fourth-order valence-corrected chi connectivity index (χ4v) is 4.01. The maximum absolute atomic E-state index is 12.7. The van der Waals surface area contributed by atoms with Crippen LogP contribution < -0.4 is 0 Å². The maximum Gasteiger partial charge on any atom is 0.211 e. The lowest BCUT2D eigenvalue weighted by Gasteiger charge is -2.09. The van der Waals surface area contributed by atoms with Gasteiger partial charge in [-0.3, -0.25) is 4.79 Å². The molecule has 6 heteroatoms. The lowest BCUT2D eigenvalue weighted by molar-refractivity contribution is 0.0994. The molecule has 136 valence electrons. The molecule has 2 aromatic carbocycles. The fraction of sp³-hybridized carbons (Fsp3) is 0.238. The highest BCUT2D eigenvalue weighted by Crippen LogP contribution is 2.28. The molecule has 0 unspecified atom stereocenters. The van der Waals surface area contributed by atoms with Gasteiger partial charge in [-0.15, -0.1) is 10.2 Å². The van der Waals surface area contributed by atoms with Crippen molar-refractivity contribution in [1.82, 2.24) is 19.7 Å². The fourth-order valence-electron chi connectivity index (χ4n) is 3.22. The van der Waals surface area contributed by atoms with Gasteiger partial charge in [-0.2, -0.15) is 0 Å². The molecule has 4 aromatic rings. The minimum Gasteiger partial charge on any atom is -0.324 e. The van der Waals surface area contributed by atoms with E-state index in [2.05, 4.69) is 27.8 Å². The van der Waals surface area contributed by atoms with Crippen LogP contribution in [-0.2, 0) is 6.54 Å². The molecule has 0 saturated heterocycles. The van der Waals surface area contributed by atoms with Crippen molar-refractivity contribution in [3.63, 3.8) is 0 Å². The first-order valence-electron chi connectivity index (χ1n) is 8.97. The summed E-state index contributed by atoms with van der Waals surface area (Å²) < 4.78 is 2.13. The maximum atomic E-state index is 12.7. The van der Waals surface area contributed by atoms with Crippen molar-refractivity contribution < 1.29 is 4.79 Å². The number of thioether (sulfide) groups is 1. The van der Waals surface area contributed by atoms with Gasteiger partial charge in [0.2, 0.25) is 5.16 Å². The average Bonchev–Trinajstić information content (AvgIpc) is 3.01. The molecule has 0 amide bonds. The lowest BCUT2D eigenvalue weighted by Crippen LogP contribution is -2.14. The van der Waals surface area contributed by atoms with Crippen molar-refractivity contribution in [2.75, 3.05) is 0 Å². The molecule has 1 atom stereocenters. The van der Waals surface area contributed by atoms with E-state index in [1.807, 2.05) is 56.3 Å². The smallest absolute Gasteiger partial charge is 0.211 e. The van der Waals surface area contributed by atoms with Crippen LogP contribution in [0.1, 0.15) is 29.8 Å². The summed E-state index contributed by atoms with van der Waals surface area (Å²) >= 11 is 1.35. The third-order valence-electron chi connectivity index (χ3n) is 4.66. The molecule has 0 bridgehead atoms. The number of Topliss-reactive ketones (excluding diaryl/α,β-unsaturated/α-hetero) is 1. The number of aromatic nitrogens is 4. The summed E-state index contributed by atoms with van der Waals surface area (Å²) in [5.74, 6) is 0.0692. The first-order valence-corrected chi connectivity index (χ1v) is 9.85. The third-order valence-corrected chi connectivity index (χ3v) is 5.61. The van der Waals surface area contributed by atoms with Crippen molar-refractivity contribution in [2.45, 2.75) is 37.7 Å². The average molecular weight is 376 g/mol. The Balaban J connectivity index is 1.67. The number of fused-ring (bicyclic) bond motifs is 3. The van der Waals surface area contributed by atoms with Crippen molar-refractivity contribution in [2.24, 2.45) is 0 Å². The second-order valence-electron chi connectivity index (χ2n) is 6.52. The predicted molar refractivity (Wildman–Crippen MR) is 109 cm³/mol. The molecule has 0 N–H and O–H groups in total. The Kier molecular flexibility index (Phi) is 4.66. The van der Waals surface area contributed by atoms with Crippen LogP contribution in [0.2, 0.25) is 0 Å². The second-order valence-corrected chi connectivity index (χ2v) is 7.83. The summed E-state index contributed by atoms with van der Waals surface area (Å²) in [6.45, 7) is 6.78. The van der Waals surface area contributed by atoms with E-state index in [1.165, 1.54) is 11.8 Å². The third kappa shape index (κ3) is 3.21. The molecular formula is C21H20N4OS. The number of carbonyl (C=O) groups excluding carboxylic acids is 1. The highest BCUT2D eigenvalue weighted by molar-refractivity contribution is 8.00. The number of rotatable bonds is 5. The van der Waals surface area contributed by atoms with Gasteiger partial charge in [0.25, 0.3) is 0 Å². The van der Waals surface area contributed by atoms with Crippen molar-refractivity contribution in [3.05, 3.63) is 59.7 Å². The summed E-state index contributed by atoms with van der Waals surface area (Å²) in [6, 6.07) is 15.8. The molecule has 4 rings (SSSR count). The number of carbonyl (C=O) groups is 1. The van der Waals surface area contributed by atoms with Gasteiger partial charge in [0.1, 0.15) is 5.52 Å². The van der Waals surface area contributed by atoms with E-state index in [-0.39, 0.29) is 11.0 Å². The van der Waals surface area contributed by atoms with Crippen molar-refractivity contribution in [3.8, 4) is 0 Å². The molecule has 0 radical (unpaired) electrons. The Morgan fingerprint density at radius 2 is 1.85 bits per heavy atom. The van der Waals surface area contributed by atoms with Gasteiger partial charge >= 0.3 is 0 Å². The lowest BCUT2D eigenvalue weighted by atomic mass is 10.1. The summed E-state index contributed by atoms with van der Waals surface area (Å²) in [4.78, 5) is 17.4. The Labute approximate surface area is 161 Å². The van der Waals surface area contributed by atoms with Gasteiger partial charge in [0, 0.05) is 17.5 Å². The van der Waals surface area contributed by atoms with E-state index in [4.69, 9.17) is 4.98 Å². The van der Waals surface area contributed by atoms with Crippen LogP contribution in [0.4, 0.5) is 0 Å². The summed E-state index contributed by atoms with van der Waals surface area (Å²) in [6.07, 6.45) is 0. The first-order chi connectivity index (χ1) is 13.1. The van der Waals surface area contributed by atoms with Crippen LogP contribution in [0.15, 0.2) is 53.7 Å². The summed E-state index contributed by atoms with van der Waals surface area (Å²) in [5.41, 5.74) is 4.55. The molecule has 5 nitrogen and oxygen atoms in total. The van der Waals surface area contributed by atoms with E-state index in [1.54, 1.807) is 0 Å². The zero-order valence-corrected chi connectivity index (χ0v) is 16.3. The highest BCUT2D eigenvalue weighted by atomic mass is 32.2. The van der Waals surface area contributed by atoms with Crippen LogP contribution in [0.25, 0.3) is 22.1 Å². The number of hydrogen-bond acceptors (Lipinski definition) is 5. The van der Waals surface area contributed by atoms with Gasteiger partial charge < -0.3 is 4.57 Å². The predicted octanol–water partition coefficient (Wildman–Crippen LogP) is 4.67. The van der Waals surface area contributed by atoms with E-state index in [0.29, 0.717) is 10.7 Å². The number of ketones is 1. The van der Waals surface area contributed by atoms with E-state index in [9.17, 15) is 4.79 Å². The quantitative estimate of drug-likeness (QED) is 0.374. The standard InChI is InChI=1S/C21H20N4OS/c1-4-25-17-8-6-5-7-16(17)18-20(25)22-21(24-23-18)27-14(3)19(26)15-11-9-13(2)10-12-15/h5-12,14H,4H2,1-3H3/t14-/m1/s1. The van der Waals surface area contributed by atoms with E-state index < -0.39 is 0 Å². The molecule has 2 heterocycles. The summed E-state index contributed by atoms with van der Waals surface area (Å²) in [7, 11) is 0.